The number of carbonyl (C=O) groups is 1. The van der Waals surface area contributed by atoms with Gasteiger partial charge in [-0.15, -0.1) is 0 Å². The highest BCUT2D eigenvalue weighted by molar-refractivity contribution is 6.31. The zero-order valence-electron chi connectivity index (χ0n) is 11.6. The summed E-state index contributed by atoms with van der Waals surface area (Å²) < 4.78 is 0. The van der Waals surface area contributed by atoms with Gasteiger partial charge in [-0.3, -0.25) is 4.79 Å². The van der Waals surface area contributed by atoms with Gasteiger partial charge in [0.25, 0.3) is 0 Å². The van der Waals surface area contributed by atoms with Crippen molar-refractivity contribution in [3.63, 3.8) is 0 Å². The highest BCUT2D eigenvalue weighted by Crippen LogP contribution is 2.35. The van der Waals surface area contributed by atoms with E-state index in [2.05, 4.69) is 13.8 Å². The zero-order chi connectivity index (χ0) is 13.9. The van der Waals surface area contributed by atoms with Crippen molar-refractivity contribution in [1.82, 2.24) is 0 Å². The summed E-state index contributed by atoms with van der Waals surface area (Å²) in [5.74, 6) is 0.103. The molecular formula is C15H22ClNO. The summed E-state index contributed by atoms with van der Waals surface area (Å²) >= 11 is 6.33. The van der Waals surface area contributed by atoms with Crippen LogP contribution in [-0.4, -0.2) is 5.91 Å². The van der Waals surface area contributed by atoms with Gasteiger partial charge in [-0.2, -0.15) is 0 Å². The molecule has 2 N–H and O–H groups in total. The number of carbonyl (C=O) groups excluding carboxylic acids is 1. The molecule has 0 aliphatic heterocycles. The lowest BCUT2D eigenvalue weighted by Gasteiger charge is -2.27. The third-order valence-electron chi connectivity index (χ3n) is 3.55. The van der Waals surface area contributed by atoms with Crippen molar-refractivity contribution >= 4 is 17.5 Å². The van der Waals surface area contributed by atoms with E-state index >= 15 is 0 Å². The van der Waals surface area contributed by atoms with Crippen molar-refractivity contribution in [1.29, 1.82) is 0 Å². The Morgan fingerprint density at radius 1 is 1.44 bits per heavy atom. The van der Waals surface area contributed by atoms with Crippen LogP contribution in [0.1, 0.15) is 57.6 Å². The quantitative estimate of drug-likeness (QED) is 0.861. The second-order valence-electron chi connectivity index (χ2n) is 5.34. The van der Waals surface area contributed by atoms with Gasteiger partial charge in [0, 0.05) is 5.02 Å². The van der Waals surface area contributed by atoms with Gasteiger partial charge < -0.3 is 5.73 Å². The van der Waals surface area contributed by atoms with Gasteiger partial charge in [-0.05, 0) is 36.5 Å². The first-order valence-electron chi connectivity index (χ1n) is 6.42. The van der Waals surface area contributed by atoms with Gasteiger partial charge in [-0.1, -0.05) is 50.9 Å². The molecule has 0 aliphatic carbocycles. The van der Waals surface area contributed by atoms with E-state index in [0.29, 0.717) is 17.4 Å². The van der Waals surface area contributed by atoms with Crippen LogP contribution in [0.2, 0.25) is 5.02 Å². The maximum Gasteiger partial charge on any atom is 0.227 e. The van der Waals surface area contributed by atoms with E-state index in [1.54, 1.807) is 0 Å². The second-order valence-corrected chi connectivity index (χ2v) is 5.75. The fourth-order valence-corrected chi connectivity index (χ4v) is 2.63. The number of rotatable bonds is 5. The molecule has 1 aromatic rings. The van der Waals surface area contributed by atoms with Crippen LogP contribution in [0.25, 0.3) is 0 Å². The molecule has 0 aliphatic rings. The van der Waals surface area contributed by atoms with Crippen LogP contribution >= 0.6 is 11.6 Å². The molecule has 2 nitrogen and oxygen atoms in total. The minimum atomic E-state index is -0.679. The summed E-state index contributed by atoms with van der Waals surface area (Å²) in [4.78, 5) is 11.7. The Morgan fingerprint density at radius 3 is 2.44 bits per heavy atom. The molecule has 0 saturated heterocycles. The highest BCUT2D eigenvalue weighted by atomic mass is 35.5. The Hall–Kier alpha value is -1.02. The van der Waals surface area contributed by atoms with Gasteiger partial charge in [0.2, 0.25) is 5.91 Å². The normalized spacial score (nSPS) is 14.6. The largest absolute Gasteiger partial charge is 0.369 e. The summed E-state index contributed by atoms with van der Waals surface area (Å²) in [6.45, 7) is 8.14. The number of primary amides is 1. The standard InChI is InChI=1S/C15H22ClNO/c1-5-8-15(4,14(17)18)12-7-6-11(10(2)3)9-13(12)16/h6-7,9-10H,5,8H2,1-4H3,(H2,17,18). The first-order valence-corrected chi connectivity index (χ1v) is 6.80. The van der Waals surface area contributed by atoms with E-state index < -0.39 is 5.41 Å². The minimum absolute atomic E-state index is 0.316. The molecule has 1 atom stereocenters. The van der Waals surface area contributed by atoms with E-state index in [1.165, 1.54) is 5.56 Å². The molecular weight excluding hydrogens is 246 g/mol. The van der Waals surface area contributed by atoms with Crippen LogP contribution in [0.3, 0.4) is 0 Å². The molecule has 0 fully saturated rings. The third kappa shape index (κ3) is 2.86. The Morgan fingerprint density at radius 2 is 2.06 bits per heavy atom. The molecule has 0 spiro atoms. The summed E-state index contributed by atoms with van der Waals surface area (Å²) in [6.07, 6.45) is 1.60. The molecule has 0 heterocycles. The number of nitrogens with two attached hydrogens (primary N) is 1. The van der Waals surface area contributed by atoms with Gasteiger partial charge in [0.1, 0.15) is 0 Å². The van der Waals surface area contributed by atoms with Crippen LogP contribution in [0.5, 0.6) is 0 Å². The summed E-state index contributed by atoms with van der Waals surface area (Å²) in [6, 6.07) is 5.92. The van der Waals surface area contributed by atoms with Gasteiger partial charge in [-0.25, -0.2) is 0 Å². The Kier molecular flexibility index (Phi) is 4.80. The van der Waals surface area contributed by atoms with Gasteiger partial charge >= 0.3 is 0 Å². The predicted molar refractivity (Wildman–Crippen MR) is 77.0 cm³/mol. The fraction of sp³-hybridized carbons (Fsp3) is 0.533. The monoisotopic (exact) mass is 267 g/mol. The Bertz CT molecular complexity index is 442. The number of hydrogen-bond donors (Lipinski definition) is 1. The first kappa shape index (κ1) is 15.0. The van der Waals surface area contributed by atoms with Crippen LogP contribution in [0, 0.1) is 0 Å². The Balaban J connectivity index is 3.26. The number of halogens is 1. The highest BCUT2D eigenvalue weighted by Gasteiger charge is 2.34. The molecule has 18 heavy (non-hydrogen) atoms. The van der Waals surface area contributed by atoms with Crippen molar-refractivity contribution in [3.8, 4) is 0 Å². The lowest BCUT2D eigenvalue weighted by atomic mass is 9.77. The average Bonchev–Trinajstić information content (AvgIpc) is 2.28. The molecule has 3 heteroatoms. The first-order chi connectivity index (χ1) is 8.32. The number of benzene rings is 1. The van der Waals surface area contributed by atoms with Crippen LogP contribution in [-0.2, 0) is 10.2 Å². The summed E-state index contributed by atoms with van der Waals surface area (Å²) in [5, 5.41) is 0.635. The summed E-state index contributed by atoms with van der Waals surface area (Å²) in [5.41, 5.74) is 6.89. The third-order valence-corrected chi connectivity index (χ3v) is 3.86. The summed E-state index contributed by atoms with van der Waals surface area (Å²) in [7, 11) is 0. The molecule has 1 amide bonds. The molecule has 100 valence electrons. The topological polar surface area (TPSA) is 43.1 Å². The van der Waals surface area contributed by atoms with Crippen molar-refractivity contribution < 1.29 is 4.79 Å². The molecule has 1 aromatic carbocycles. The van der Waals surface area contributed by atoms with Crippen molar-refractivity contribution in [2.45, 2.75) is 51.9 Å². The van der Waals surface area contributed by atoms with E-state index in [4.69, 9.17) is 17.3 Å². The predicted octanol–water partition coefficient (Wildman–Crippen LogP) is 4.01. The molecule has 1 rings (SSSR count). The van der Waals surface area contributed by atoms with Crippen molar-refractivity contribution in [2.24, 2.45) is 5.73 Å². The lowest BCUT2D eigenvalue weighted by molar-refractivity contribution is -0.123. The van der Waals surface area contributed by atoms with E-state index in [-0.39, 0.29) is 5.91 Å². The van der Waals surface area contributed by atoms with Crippen LogP contribution in [0.15, 0.2) is 18.2 Å². The average molecular weight is 268 g/mol. The molecule has 0 saturated carbocycles. The maximum atomic E-state index is 11.7. The minimum Gasteiger partial charge on any atom is -0.369 e. The van der Waals surface area contributed by atoms with E-state index in [9.17, 15) is 4.79 Å². The van der Waals surface area contributed by atoms with Gasteiger partial charge in [0.05, 0.1) is 5.41 Å². The van der Waals surface area contributed by atoms with E-state index in [0.717, 1.165) is 12.0 Å². The lowest BCUT2D eigenvalue weighted by Crippen LogP contribution is -2.38. The fourth-order valence-electron chi connectivity index (χ4n) is 2.23. The Labute approximate surface area is 115 Å². The van der Waals surface area contributed by atoms with Crippen LogP contribution < -0.4 is 5.73 Å². The number of amides is 1. The van der Waals surface area contributed by atoms with Crippen LogP contribution in [0.4, 0.5) is 0 Å². The number of hydrogen-bond acceptors (Lipinski definition) is 1. The SMILES string of the molecule is CCCC(C)(C(N)=O)c1ccc(C(C)C)cc1Cl. The second kappa shape index (κ2) is 5.75. The van der Waals surface area contributed by atoms with Crippen molar-refractivity contribution in [3.05, 3.63) is 34.3 Å². The maximum absolute atomic E-state index is 11.7. The van der Waals surface area contributed by atoms with E-state index in [1.807, 2.05) is 32.0 Å². The zero-order valence-corrected chi connectivity index (χ0v) is 12.3. The molecule has 0 bridgehead atoms. The molecule has 0 aromatic heterocycles. The van der Waals surface area contributed by atoms with Crippen molar-refractivity contribution in [2.75, 3.05) is 0 Å². The molecule has 0 radical (unpaired) electrons. The smallest absolute Gasteiger partial charge is 0.227 e. The van der Waals surface area contributed by atoms with Gasteiger partial charge in [0.15, 0.2) is 0 Å². The molecule has 1 unspecified atom stereocenters.